The fraction of sp³-hybridized carbons (Fsp3) is 0.106. The molecule has 47 heavy (non-hydrogen) atoms. The monoisotopic (exact) mass is 600 g/mol. The molecule has 224 valence electrons. The van der Waals surface area contributed by atoms with Crippen molar-refractivity contribution in [3.63, 3.8) is 0 Å². The van der Waals surface area contributed by atoms with Crippen molar-refractivity contribution < 1.29 is 0 Å². The molecule has 0 unspecified atom stereocenters. The Morgan fingerprint density at radius 3 is 1.74 bits per heavy atom. The summed E-state index contributed by atoms with van der Waals surface area (Å²) in [5, 5.41) is 7.68. The van der Waals surface area contributed by atoms with E-state index in [2.05, 4.69) is 173 Å². The number of fused-ring (bicyclic) bond motifs is 6. The van der Waals surface area contributed by atoms with Crippen LogP contribution in [0.25, 0.3) is 76.8 Å². The minimum absolute atomic E-state index is 0.0228. The van der Waals surface area contributed by atoms with Gasteiger partial charge in [-0.15, -0.1) is 0 Å². The first kappa shape index (κ1) is 27.8. The predicted octanol–water partition coefficient (Wildman–Crippen LogP) is 13.1. The van der Waals surface area contributed by atoms with Gasteiger partial charge < -0.3 is 0 Å². The van der Waals surface area contributed by atoms with Crippen molar-refractivity contribution in [3.8, 4) is 44.5 Å². The van der Waals surface area contributed by atoms with Gasteiger partial charge in [0, 0.05) is 5.41 Å². The van der Waals surface area contributed by atoms with E-state index in [-0.39, 0.29) is 5.41 Å². The van der Waals surface area contributed by atoms with E-state index >= 15 is 0 Å². The molecular formula is C47H36. The molecule has 0 fully saturated rings. The highest BCUT2D eigenvalue weighted by molar-refractivity contribution is 6.22. The predicted molar refractivity (Wildman–Crippen MR) is 202 cm³/mol. The first-order valence-electron chi connectivity index (χ1n) is 16.7. The van der Waals surface area contributed by atoms with Crippen LogP contribution in [0.4, 0.5) is 0 Å². The maximum absolute atomic E-state index is 2.46. The summed E-state index contributed by atoms with van der Waals surface area (Å²) in [6.45, 7) is 9.13. The van der Waals surface area contributed by atoms with E-state index in [1.165, 1.54) is 99.1 Å². The van der Waals surface area contributed by atoms with Crippen LogP contribution in [0, 0.1) is 13.8 Å². The molecule has 0 heterocycles. The van der Waals surface area contributed by atoms with Gasteiger partial charge in [-0.3, -0.25) is 0 Å². The van der Waals surface area contributed by atoms with E-state index in [0.29, 0.717) is 0 Å². The molecule has 0 spiro atoms. The average molecular weight is 601 g/mol. The third kappa shape index (κ3) is 4.21. The van der Waals surface area contributed by atoms with Crippen LogP contribution in [0.3, 0.4) is 0 Å². The lowest BCUT2D eigenvalue weighted by Crippen LogP contribution is -2.14. The second kappa shape index (κ2) is 10.3. The van der Waals surface area contributed by atoms with Gasteiger partial charge in [0.05, 0.1) is 0 Å². The highest BCUT2D eigenvalue weighted by Gasteiger charge is 2.35. The van der Waals surface area contributed by atoms with Crippen LogP contribution in [0.15, 0.2) is 146 Å². The lowest BCUT2D eigenvalue weighted by Gasteiger charge is -2.22. The van der Waals surface area contributed by atoms with E-state index in [0.717, 1.165) is 0 Å². The maximum Gasteiger partial charge on any atom is 0.0158 e. The van der Waals surface area contributed by atoms with Gasteiger partial charge in [-0.25, -0.2) is 0 Å². The fourth-order valence-corrected chi connectivity index (χ4v) is 8.12. The topological polar surface area (TPSA) is 0 Å². The van der Waals surface area contributed by atoms with Gasteiger partial charge in [0.15, 0.2) is 0 Å². The SMILES string of the molecule is Cc1ccc(-c2c3ccccc3c(-c3ccc4c(c3)-c3ccccc3C4(C)C)c3cc(-c4ccc5ccccc5c4)ccc23)cc1C. The fourth-order valence-electron chi connectivity index (χ4n) is 8.12. The van der Waals surface area contributed by atoms with E-state index in [1.54, 1.807) is 0 Å². The van der Waals surface area contributed by atoms with E-state index in [9.17, 15) is 0 Å². The minimum Gasteiger partial charge on any atom is -0.0619 e. The van der Waals surface area contributed by atoms with Crippen LogP contribution in [-0.2, 0) is 5.41 Å². The lowest BCUT2D eigenvalue weighted by molar-refractivity contribution is 0.660. The molecule has 0 N–H and O–H groups in total. The van der Waals surface area contributed by atoms with E-state index < -0.39 is 0 Å². The van der Waals surface area contributed by atoms with Crippen molar-refractivity contribution in [2.24, 2.45) is 0 Å². The molecule has 0 radical (unpaired) electrons. The van der Waals surface area contributed by atoms with Crippen LogP contribution >= 0.6 is 0 Å². The van der Waals surface area contributed by atoms with Gasteiger partial charge in [-0.1, -0.05) is 141 Å². The first-order chi connectivity index (χ1) is 22.9. The molecule has 1 aliphatic carbocycles. The Balaban J connectivity index is 1.38. The van der Waals surface area contributed by atoms with Crippen molar-refractivity contribution in [1.29, 1.82) is 0 Å². The van der Waals surface area contributed by atoms with Gasteiger partial charge in [0.25, 0.3) is 0 Å². The molecule has 8 aromatic rings. The normalized spacial score (nSPS) is 13.3. The number of rotatable bonds is 3. The van der Waals surface area contributed by atoms with Crippen LogP contribution in [0.1, 0.15) is 36.1 Å². The molecule has 1 aliphatic rings. The summed E-state index contributed by atoms with van der Waals surface area (Å²) in [7, 11) is 0. The Morgan fingerprint density at radius 2 is 0.936 bits per heavy atom. The second-order valence-corrected chi connectivity index (χ2v) is 13.8. The zero-order valence-electron chi connectivity index (χ0n) is 27.4. The molecule has 0 aliphatic heterocycles. The summed E-state index contributed by atoms with van der Waals surface area (Å²) >= 11 is 0. The molecule has 0 saturated heterocycles. The smallest absolute Gasteiger partial charge is 0.0158 e. The molecule has 9 rings (SSSR count). The Bertz CT molecular complexity index is 2560. The molecule has 0 nitrogen and oxygen atoms in total. The van der Waals surface area contributed by atoms with E-state index in [4.69, 9.17) is 0 Å². The maximum atomic E-state index is 2.46. The quantitative estimate of drug-likeness (QED) is 0.177. The Kier molecular flexibility index (Phi) is 6.08. The number of hydrogen-bond donors (Lipinski definition) is 0. The summed E-state index contributed by atoms with van der Waals surface area (Å²) < 4.78 is 0. The Hall–Kier alpha value is -5.46. The van der Waals surface area contributed by atoms with Gasteiger partial charge in [0.2, 0.25) is 0 Å². The minimum atomic E-state index is -0.0228. The van der Waals surface area contributed by atoms with Crippen molar-refractivity contribution >= 4 is 32.3 Å². The largest absolute Gasteiger partial charge is 0.0619 e. The van der Waals surface area contributed by atoms with Crippen molar-refractivity contribution in [3.05, 3.63) is 168 Å². The Morgan fingerprint density at radius 1 is 0.362 bits per heavy atom. The zero-order valence-corrected chi connectivity index (χ0v) is 27.4. The number of benzene rings is 8. The molecule has 0 atom stereocenters. The molecule has 0 heteroatoms. The van der Waals surface area contributed by atoms with Gasteiger partial charge in [0.1, 0.15) is 0 Å². The summed E-state index contributed by atoms with van der Waals surface area (Å²) in [5.41, 5.74) is 15.7. The molecular weight excluding hydrogens is 565 g/mol. The van der Waals surface area contributed by atoms with Crippen LogP contribution in [0.2, 0.25) is 0 Å². The average Bonchev–Trinajstić information content (AvgIpc) is 3.33. The molecule has 0 saturated carbocycles. The van der Waals surface area contributed by atoms with E-state index in [1.807, 2.05) is 0 Å². The summed E-state index contributed by atoms with van der Waals surface area (Å²) in [5.74, 6) is 0. The number of hydrogen-bond acceptors (Lipinski definition) is 0. The highest BCUT2D eigenvalue weighted by Crippen LogP contribution is 2.51. The third-order valence-corrected chi connectivity index (χ3v) is 10.8. The standard InChI is InChI=1S/C47H36/c1-29-17-18-35(25-30(29)2)45-38-14-7-8-15-39(38)46(36-22-24-44-41(28-36)37-13-9-10-16-43(37)47(44,3)4)42-27-34(21-23-40(42)45)33-20-19-31-11-5-6-12-32(31)26-33/h5-28H,1-4H3. The zero-order chi connectivity index (χ0) is 31.9. The summed E-state index contributed by atoms with van der Waals surface area (Å²) in [6, 6.07) is 54.7. The summed E-state index contributed by atoms with van der Waals surface area (Å²) in [4.78, 5) is 0. The second-order valence-electron chi connectivity index (χ2n) is 13.8. The van der Waals surface area contributed by atoms with Crippen LogP contribution in [0.5, 0.6) is 0 Å². The summed E-state index contributed by atoms with van der Waals surface area (Å²) in [6.07, 6.45) is 0. The van der Waals surface area contributed by atoms with Crippen molar-refractivity contribution in [2.75, 3.05) is 0 Å². The molecule has 0 bridgehead atoms. The van der Waals surface area contributed by atoms with Crippen LogP contribution < -0.4 is 0 Å². The van der Waals surface area contributed by atoms with Crippen molar-refractivity contribution in [2.45, 2.75) is 33.1 Å². The Labute approximate surface area is 277 Å². The third-order valence-electron chi connectivity index (χ3n) is 10.8. The molecule has 0 amide bonds. The van der Waals surface area contributed by atoms with Gasteiger partial charge >= 0.3 is 0 Å². The number of aryl methyl sites for hydroxylation is 2. The molecule has 0 aromatic heterocycles. The molecule has 8 aromatic carbocycles. The highest BCUT2D eigenvalue weighted by atomic mass is 14.4. The van der Waals surface area contributed by atoms with Gasteiger partial charge in [-0.05, 0) is 131 Å². The van der Waals surface area contributed by atoms with Crippen LogP contribution in [-0.4, -0.2) is 0 Å². The van der Waals surface area contributed by atoms with Crippen molar-refractivity contribution in [1.82, 2.24) is 0 Å². The van der Waals surface area contributed by atoms with Gasteiger partial charge in [-0.2, -0.15) is 0 Å². The lowest BCUT2D eigenvalue weighted by atomic mass is 9.81. The first-order valence-corrected chi connectivity index (χ1v) is 16.7.